The Hall–Kier alpha value is -1.47. The van der Waals surface area contributed by atoms with Crippen LogP contribution in [0.15, 0.2) is 0 Å². The fourth-order valence-electron chi connectivity index (χ4n) is 2.64. The number of carbonyl (C=O) groups is 3. The van der Waals surface area contributed by atoms with Gasteiger partial charge in [-0.25, -0.2) is 0 Å². The van der Waals surface area contributed by atoms with Gasteiger partial charge in [-0.1, -0.05) is 52.4 Å². The summed E-state index contributed by atoms with van der Waals surface area (Å²) in [6.07, 6.45) is 7.34. The first-order valence-electron chi connectivity index (χ1n) is 9.37. The van der Waals surface area contributed by atoms with Crippen molar-refractivity contribution in [3.05, 3.63) is 0 Å². The maximum absolute atomic E-state index is 12.3. The molecule has 5 N–H and O–H groups in total. The van der Waals surface area contributed by atoms with Crippen molar-refractivity contribution < 1.29 is 19.5 Å². The summed E-state index contributed by atoms with van der Waals surface area (Å²) in [4.78, 5) is 36.4. The van der Waals surface area contributed by atoms with Crippen LogP contribution < -0.4 is 11.5 Å². The summed E-state index contributed by atoms with van der Waals surface area (Å²) in [6, 6.07) is -0.720. The van der Waals surface area contributed by atoms with Gasteiger partial charge in [-0.3, -0.25) is 19.3 Å². The number of rotatable bonds is 14. The minimum Gasteiger partial charge on any atom is -0.480 e. The third-order valence-electron chi connectivity index (χ3n) is 4.13. The number of unbranched alkanes of at least 4 members (excludes halogenated alkanes) is 4. The predicted octanol–water partition coefficient (Wildman–Crippen LogP) is 2.02. The quantitative estimate of drug-likeness (QED) is 0.408. The van der Waals surface area contributed by atoms with Crippen LogP contribution >= 0.6 is 0 Å². The number of carboxylic acid groups (broad SMARTS) is 1. The Bertz CT molecular complexity index is 385. The van der Waals surface area contributed by atoms with E-state index in [2.05, 4.69) is 13.8 Å². The summed E-state index contributed by atoms with van der Waals surface area (Å²) < 4.78 is 0. The molecule has 25 heavy (non-hydrogen) atoms. The first-order chi connectivity index (χ1) is 11.8. The van der Waals surface area contributed by atoms with Crippen molar-refractivity contribution in [1.29, 1.82) is 0 Å². The van der Waals surface area contributed by atoms with Gasteiger partial charge in [0.25, 0.3) is 0 Å². The third kappa shape index (κ3) is 11.7. The highest BCUT2D eigenvalue weighted by Crippen LogP contribution is 2.10. The fourth-order valence-corrected chi connectivity index (χ4v) is 2.64. The largest absolute Gasteiger partial charge is 0.480 e. The number of aliphatic carboxylic acids is 1. The SMILES string of the molecule is CCCCC[C@H](N)CC(=O)N(CC(=O)O)C(=O)C[C@@H](N)CCCCC. The normalized spacial score (nSPS) is 13.3. The Kier molecular flexibility index (Phi) is 13.0. The van der Waals surface area contributed by atoms with Crippen molar-refractivity contribution in [3.8, 4) is 0 Å². The zero-order valence-electron chi connectivity index (χ0n) is 15.7. The number of carbonyl (C=O) groups excluding carboxylic acids is 2. The molecule has 0 aromatic rings. The Morgan fingerprint density at radius 2 is 1.24 bits per heavy atom. The van der Waals surface area contributed by atoms with Gasteiger partial charge in [-0.15, -0.1) is 0 Å². The molecule has 0 saturated carbocycles. The summed E-state index contributed by atoms with van der Waals surface area (Å²) in [7, 11) is 0. The van der Waals surface area contributed by atoms with E-state index in [1.807, 2.05) is 0 Å². The van der Waals surface area contributed by atoms with Gasteiger partial charge in [-0.2, -0.15) is 0 Å². The minimum absolute atomic E-state index is 0.0200. The van der Waals surface area contributed by atoms with Crippen molar-refractivity contribution in [3.63, 3.8) is 0 Å². The summed E-state index contributed by atoms with van der Waals surface area (Å²) >= 11 is 0. The number of hydrogen-bond acceptors (Lipinski definition) is 5. The van der Waals surface area contributed by atoms with Gasteiger partial charge in [0.2, 0.25) is 11.8 Å². The molecule has 0 radical (unpaired) electrons. The molecule has 0 aliphatic carbocycles. The monoisotopic (exact) mass is 357 g/mol. The predicted molar refractivity (Wildman–Crippen MR) is 97.8 cm³/mol. The number of hydrogen-bond donors (Lipinski definition) is 3. The molecule has 0 aromatic carbocycles. The molecule has 7 nitrogen and oxygen atoms in total. The van der Waals surface area contributed by atoms with Crippen LogP contribution in [0.1, 0.15) is 78.1 Å². The Labute approximate surface area is 151 Å². The third-order valence-corrected chi connectivity index (χ3v) is 4.13. The average molecular weight is 357 g/mol. The van der Waals surface area contributed by atoms with E-state index in [1.165, 1.54) is 0 Å². The highest BCUT2D eigenvalue weighted by atomic mass is 16.4. The van der Waals surface area contributed by atoms with Crippen LogP contribution in [0.25, 0.3) is 0 Å². The zero-order chi connectivity index (χ0) is 19.2. The smallest absolute Gasteiger partial charge is 0.323 e. The van der Waals surface area contributed by atoms with Gasteiger partial charge in [0.05, 0.1) is 0 Å². The minimum atomic E-state index is -1.22. The maximum atomic E-state index is 12.3. The molecule has 2 atom stereocenters. The maximum Gasteiger partial charge on any atom is 0.323 e. The lowest BCUT2D eigenvalue weighted by Gasteiger charge is -2.22. The van der Waals surface area contributed by atoms with Crippen LogP contribution in [0.4, 0.5) is 0 Å². The summed E-state index contributed by atoms with van der Waals surface area (Å²) in [5.41, 5.74) is 11.9. The van der Waals surface area contributed by atoms with Crippen LogP contribution in [-0.4, -0.2) is 46.4 Å². The van der Waals surface area contributed by atoms with Crippen molar-refractivity contribution >= 4 is 17.8 Å². The standard InChI is InChI=1S/C18H35N3O4/c1-3-5-7-9-14(19)11-16(22)21(13-18(24)25)17(23)12-15(20)10-8-6-4-2/h14-15H,3-13,19-20H2,1-2H3,(H,24,25)/t14-,15-/m0/s1. The van der Waals surface area contributed by atoms with Crippen LogP contribution in [0, 0.1) is 0 Å². The fraction of sp³-hybridized carbons (Fsp3) is 0.833. The van der Waals surface area contributed by atoms with E-state index in [-0.39, 0.29) is 24.9 Å². The number of nitrogens with zero attached hydrogens (tertiary/aromatic N) is 1. The van der Waals surface area contributed by atoms with Crippen LogP contribution in [0.3, 0.4) is 0 Å². The number of nitrogens with two attached hydrogens (primary N) is 2. The molecule has 0 saturated heterocycles. The first-order valence-corrected chi connectivity index (χ1v) is 9.37. The van der Waals surface area contributed by atoms with E-state index in [0.717, 1.165) is 43.4 Å². The lowest BCUT2D eigenvalue weighted by Crippen LogP contribution is -2.44. The molecule has 0 heterocycles. The second-order valence-corrected chi connectivity index (χ2v) is 6.69. The Morgan fingerprint density at radius 3 is 1.56 bits per heavy atom. The van der Waals surface area contributed by atoms with Gasteiger partial charge in [0, 0.05) is 24.9 Å². The highest BCUT2D eigenvalue weighted by molar-refractivity contribution is 5.98. The molecular weight excluding hydrogens is 322 g/mol. The Morgan fingerprint density at radius 1 is 0.840 bits per heavy atom. The summed E-state index contributed by atoms with van der Waals surface area (Å²) in [6.45, 7) is 3.52. The highest BCUT2D eigenvalue weighted by Gasteiger charge is 2.26. The van der Waals surface area contributed by atoms with Crippen molar-refractivity contribution in [2.24, 2.45) is 11.5 Å². The number of amides is 2. The topological polar surface area (TPSA) is 127 Å². The molecule has 0 spiro atoms. The van der Waals surface area contributed by atoms with Gasteiger partial charge >= 0.3 is 5.97 Å². The van der Waals surface area contributed by atoms with E-state index < -0.39 is 24.3 Å². The molecule has 0 aromatic heterocycles. The molecule has 146 valence electrons. The molecule has 0 aliphatic heterocycles. The molecule has 7 heteroatoms. The summed E-state index contributed by atoms with van der Waals surface area (Å²) in [5, 5.41) is 8.99. The van der Waals surface area contributed by atoms with Gasteiger partial charge in [0.15, 0.2) is 0 Å². The lowest BCUT2D eigenvalue weighted by molar-refractivity contribution is -0.153. The first kappa shape index (κ1) is 23.5. The van der Waals surface area contributed by atoms with Gasteiger partial charge in [-0.05, 0) is 12.8 Å². The van der Waals surface area contributed by atoms with E-state index in [0.29, 0.717) is 12.8 Å². The molecular formula is C18H35N3O4. The second kappa shape index (κ2) is 13.8. The summed E-state index contributed by atoms with van der Waals surface area (Å²) in [5.74, 6) is -2.28. The average Bonchev–Trinajstić information content (AvgIpc) is 2.52. The Balaban J connectivity index is 4.61. The van der Waals surface area contributed by atoms with E-state index in [1.54, 1.807) is 0 Å². The van der Waals surface area contributed by atoms with Crippen LogP contribution in [0.5, 0.6) is 0 Å². The van der Waals surface area contributed by atoms with E-state index >= 15 is 0 Å². The molecule has 0 unspecified atom stereocenters. The lowest BCUT2D eigenvalue weighted by atomic mass is 10.0. The van der Waals surface area contributed by atoms with Crippen LogP contribution in [0.2, 0.25) is 0 Å². The van der Waals surface area contributed by atoms with Crippen molar-refractivity contribution in [2.45, 2.75) is 90.1 Å². The number of carboxylic acids is 1. The van der Waals surface area contributed by atoms with Crippen LogP contribution in [-0.2, 0) is 14.4 Å². The van der Waals surface area contributed by atoms with Crippen molar-refractivity contribution in [1.82, 2.24) is 4.90 Å². The molecule has 0 bridgehead atoms. The van der Waals surface area contributed by atoms with E-state index in [9.17, 15) is 14.4 Å². The van der Waals surface area contributed by atoms with Gasteiger partial charge in [0.1, 0.15) is 6.54 Å². The van der Waals surface area contributed by atoms with Gasteiger partial charge < -0.3 is 16.6 Å². The zero-order valence-corrected chi connectivity index (χ0v) is 15.7. The van der Waals surface area contributed by atoms with E-state index in [4.69, 9.17) is 16.6 Å². The second-order valence-electron chi connectivity index (χ2n) is 6.69. The molecule has 2 amide bonds. The van der Waals surface area contributed by atoms with Crippen molar-refractivity contribution in [2.75, 3.05) is 6.54 Å². The molecule has 0 aliphatic rings. The molecule has 0 fully saturated rings. The number of imide groups is 1. The molecule has 0 rings (SSSR count).